The van der Waals surface area contributed by atoms with E-state index in [0.29, 0.717) is 0 Å². The topological polar surface area (TPSA) is 46.2 Å². The van der Waals surface area contributed by atoms with E-state index in [1.165, 1.54) is 18.2 Å². The minimum Gasteiger partial charge on any atom is -0.207 e. The molecule has 0 aliphatic rings. The van der Waals surface area contributed by atoms with Gasteiger partial charge in [-0.15, -0.1) is 11.6 Å². The smallest absolute Gasteiger partial charge is 0.207 e. The van der Waals surface area contributed by atoms with Crippen LogP contribution in [0.1, 0.15) is 5.56 Å². The molecule has 0 aliphatic heterocycles. The highest BCUT2D eigenvalue weighted by molar-refractivity contribution is 7.89. The van der Waals surface area contributed by atoms with Crippen LogP contribution in [0.4, 0.5) is 13.2 Å². The molecule has 0 bridgehead atoms. The van der Waals surface area contributed by atoms with Crippen LogP contribution in [-0.4, -0.2) is 20.8 Å². The summed E-state index contributed by atoms with van der Waals surface area (Å²) < 4.78 is 63.7. The summed E-state index contributed by atoms with van der Waals surface area (Å²) in [7, 11) is -4.22. The molecule has 1 aromatic rings. The number of hydrogen-bond donors (Lipinski definition) is 1. The fraction of sp³-hybridized carbons (Fsp3) is 0.273. The van der Waals surface area contributed by atoms with Gasteiger partial charge in [0.25, 0.3) is 0 Å². The van der Waals surface area contributed by atoms with E-state index in [1.807, 2.05) is 4.72 Å². The van der Waals surface area contributed by atoms with E-state index in [-0.39, 0.29) is 12.4 Å². The molecule has 0 saturated heterocycles. The second kappa shape index (κ2) is 6.40. The van der Waals surface area contributed by atoms with Gasteiger partial charge in [-0.25, -0.2) is 13.1 Å². The van der Waals surface area contributed by atoms with Crippen molar-refractivity contribution in [2.45, 2.75) is 11.1 Å². The highest BCUT2D eigenvalue weighted by Gasteiger charge is 2.36. The molecular weight excluding hydrogens is 303 g/mol. The Labute approximate surface area is 114 Å². The van der Waals surface area contributed by atoms with Crippen molar-refractivity contribution in [3.63, 3.8) is 0 Å². The van der Waals surface area contributed by atoms with Crippen LogP contribution in [0.5, 0.6) is 0 Å². The SMILES string of the molecule is O=S(=O)(NC/C=C/CCl)c1ccccc1C(F)(F)F. The first-order valence-electron chi connectivity index (χ1n) is 5.16. The molecule has 0 aromatic heterocycles. The minimum atomic E-state index is -4.72. The second-order valence-electron chi connectivity index (χ2n) is 3.47. The first-order chi connectivity index (χ1) is 8.79. The Bertz CT molecular complexity index is 555. The summed E-state index contributed by atoms with van der Waals surface area (Å²) >= 11 is 5.34. The zero-order valence-electron chi connectivity index (χ0n) is 9.61. The van der Waals surface area contributed by atoms with Crippen molar-refractivity contribution < 1.29 is 21.6 Å². The lowest BCUT2D eigenvalue weighted by Crippen LogP contribution is -2.26. The fourth-order valence-electron chi connectivity index (χ4n) is 1.32. The molecule has 1 aromatic carbocycles. The van der Waals surface area contributed by atoms with E-state index in [9.17, 15) is 21.6 Å². The lowest BCUT2D eigenvalue weighted by atomic mass is 10.2. The summed E-state index contributed by atoms with van der Waals surface area (Å²) in [5, 5.41) is 0. The Balaban J connectivity index is 3.05. The summed E-state index contributed by atoms with van der Waals surface area (Å²) in [5.41, 5.74) is -1.19. The summed E-state index contributed by atoms with van der Waals surface area (Å²) in [6.45, 7) is -0.124. The number of rotatable bonds is 5. The summed E-state index contributed by atoms with van der Waals surface area (Å²) in [4.78, 5) is -0.790. The van der Waals surface area contributed by atoms with Crippen molar-refractivity contribution >= 4 is 21.6 Å². The molecule has 3 nitrogen and oxygen atoms in total. The molecule has 0 spiro atoms. The van der Waals surface area contributed by atoms with Gasteiger partial charge in [0.05, 0.1) is 10.5 Å². The normalized spacial score (nSPS) is 13.1. The maximum absolute atomic E-state index is 12.7. The predicted octanol–water partition coefficient (Wildman–Crippen LogP) is 2.78. The molecule has 0 amide bonds. The molecule has 19 heavy (non-hydrogen) atoms. The molecule has 0 fully saturated rings. The van der Waals surface area contributed by atoms with Crippen molar-refractivity contribution in [2.24, 2.45) is 0 Å². The lowest BCUT2D eigenvalue weighted by Gasteiger charge is -2.12. The van der Waals surface area contributed by atoms with Crippen LogP contribution in [0, 0.1) is 0 Å². The first-order valence-corrected chi connectivity index (χ1v) is 7.17. The number of allylic oxidation sites excluding steroid dienone is 1. The van der Waals surface area contributed by atoms with E-state index < -0.39 is 26.7 Å². The van der Waals surface area contributed by atoms with Crippen molar-refractivity contribution in [2.75, 3.05) is 12.4 Å². The van der Waals surface area contributed by atoms with Crippen LogP contribution < -0.4 is 4.72 Å². The Kier molecular flexibility index (Phi) is 5.39. The van der Waals surface area contributed by atoms with Gasteiger partial charge in [-0.05, 0) is 12.1 Å². The van der Waals surface area contributed by atoms with Gasteiger partial charge >= 0.3 is 6.18 Å². The third-order valence-corrected chi connectivity index (χ3v) is 3.79. The van der Waals surface area contributed by atoms with E-state index in [0.717, 1.165) is 18.2 Å². The molecule has 0 saturated carbocycles. The van der Waals surface area contributed by atoms with Gasteiger partial charge in [-0.1, -0.05) is 24.3 Å². The third kappa shape index (κ3) is 4.52. The highest BCUT2D eigenvalue weighted by Crippen LogP contribution is 2.33. The monoisotopic (exact) mass is 313 g/mol. The van der Waals surface area contributed by atoms with Crippen LogP contribution >= 0.6 is 11.6 Å². The van der Waals surface area contributed by atoms with Crippen molar-refractivity contribution in [3.8, 4) is 0 Å². The molecule has 0 unspecified atom stereocenters. The largest absolute Gasteiger partial charge is 0.417 e. The van der Waals surface area contributed by atoms with Gasteiger partial charge in [-0.2, -0.15) is 13.2 Å². The van der Waals surface area contributed by atoms with Gasteiger partial charge < -0.3 is 0 Å². The number of sulfonamides is 1. The van der Waals surface area contributed by atoms with E-state index in [2.05, 4.69) is 0 Å². The quantitative estimate of drug-likeness (QED) is 0.671. The van der Waals surface area contributed by atoms with Crippen molar-refractivity contribution in [1.29, 1.82) is 0 Å². The van der Waals surface area contributed by atoms with Crippen molar-refractivity contribution in [1.82, 2.24) is 4.72 Å². The summed E-state index contributed by atoms with van der Waals surface area (Å²) in [6, 6.07) is 4.01. The van der Waals surface area contributed by atoms with E-state index in [4.69, 9.17) is 11.6 Å². The standard InChI is InChI=1S/C11H11ClF3NO2S/c12-7-3-4-8-16-19(17,18)10-6-2-1-5-9(10)11(13,14)15/h1-6,16H,7-8H2/b4-3+. The fourth-order valence-corrected chi connectivity index (χ4v) is 2.65. The Morgan fingerprint density at radius 3 is 2.42 bits per heavy atom. The zero-order chi connectivity index (χ0) is 14.5. The summed E-state index contributed by atoms with van der Waals surface area (Å²) in [5.74, 6) is 0.195. The van der Waals surface area contributed by atoms with Gasteiger partial charge in [0.2, 0.25) is 10.0 Å². The van der Waals surface area contributed by atoms with Crippen LogP contribution in [0.3, 0.4) is 0 Å². The van der Waals surface area contributed by atoms with Crippen LogP contribution in [0.25, 0.3) is 0 Å². The number of alkyl halides is 4. The van der Waals surface area contributed by atoms with Crippen LogP contribution in [0.2, 0.25) is 0 Å². The Morgan fingerprint density at radius 2 is 1.84 bits per heavy atom. The average molecular weight is 314 g/mol. The highest BCUT2D eigenvalue weighted by atomic mass is 35.5. The van der Waals surface area contributed by atoms with E-state index >= 15 is 0 Å². The maximum Gasteiger partial charge on any atom is 0.417 e. The average Bonchev–Trinajstić information content (AvgIpc) is 2.34. The Morgan fingerprint density at radius 1 is 1.21 bits per heavy atom. The molecule has 0 heterocycles. The minimum absolute atomic E-state index is 0.124. The molecule has 0 radical (unpaired) electrons. The number of halogens is 4. The predicted molar refractivity (Wildman–Crippen MR) is 66.5 cm³/mol. The lowest BCUT2D eigenvalue weighted by molar-refractivity contribution is -0.139. The van der Waals surface area contributed by atoms with Crippen molar-refractivity contribution in [3.05, 3.63) is 42.0 Å². The van der Waals surface area contributed by atoms with Crippen LogP contribution in [-0.2, 0) is 16.2 Å². The molecule has 8 heteroatoms. The van der Waals surface area contributed by atoms with Gasteiger partial charge in [0.15, 0.2) is 0 Å². The zero-order valence-corrected chi connectivity index (χ0v) is 11.2. The second-order valence-corrected chi connectivity index (χ2v) is 5.52. The van der Waals surface area contributed by atoms with Gasteiger partial charge in [0.1, 0.15) is 0 Å². The van der Waals surface area contributed by atoms with Gasteiger partial charge in [-0.3, -0.25) is 0 Å². The maximum atomic E-state index is 12.7. The number of hydrogen-bond acceptors (Lipinski definition) is 2. The first kappa shape index (κ1) is 16.0. The Hall–Kier alpha value is -1.05. The molecule has 1 rings (SSSR count). The number of nitrogens with one attached hydrogen (secondary N) is 1. The van der Waals surface area contributed by atoms with Crippen LogP contribution in [0.15, 0.2) is 41.3 Å². The van der Waals surface area contributed by atoms with E-state index in [1.54, 1.807) is 0 Å². The molecule has 0 aliphatic carbocycles. The number of benzene rings is 1. The molecule has 0 atom stereocenters. The summed E-state index contributed by atoms with van der Waals surface area (Å²) in [6.07, 6.45) is -1.82. The molecule has 106 valence electrons. The van der Waals surface area contributed by atoms with Gasteiger partial charge in [0, 0.05) is 12.4 Å². The molecule has 1 N–H and O–H groups in total. The third-order valence-electron chi connectivity index (χ3n) is 2.13. The molecular formula is C11H11ClF3NO2S.